The zero-order chi connectivity index (χ0) is 25.3. The molecule has 6 nitrogen and oxygen atoms in total. The summed E-state index contributed by atoms with van der Waals surface area (Å²) >= 11 is 12.6. The molecule has 3 aromatic rings. The van der Waals surface area contributed by atoms with E-state index in [-0.39, 0.29) is 24.5 Å². The highest BCUT2D eigenvalue weighted by molar-refractivity contribution is 6.31. The molecule has 3 aromatic carbocycles. The maximum absolute atomic E-state index is 14.0. The molecule has 2 heterocycles. The van der Waals surface area contributed by atoms with Crippen LogP contribution in [0.2, 0.25) is 10.0 Å². The fraction of sp³-hybridized carbons (Fsp3) is 0.286. The lowest BCUT2D eigenvalue weighted by Crippen LogP contribution is -2.57. The molecule has 2 aliphatic heterocycles. The Morgan fingerprint density at radius 3 is 2.44 bits per heavy atom. The van der Waals surface area contributed by atoms with Gasteiger partial charge in [-0.1, -0.05) is 59.6 Å². The Morgan fingerprint density at radius 2 is 1.72 bits per heavy atom. The Balaban J connectivity index is 1.63. The number of anilines is 2. The van der Waals surface area contributed by atoms with Crippen LogP contribution in [0.3, 0.4) is 0 Å². The van der Waals surface area contributed by atoms with Crippen LogP contribution < -0.4 is 10.2 Å². The van der Waals surface area contributed by atoms with E-state index in [2.05, 4.69) is 5.32 Å². The first-order chi connectivity index (χ1) is 17.4. The summed E-state index contributed by atoms with van der Waals surface area (Å²) in [5.74, 6) is -0.322. The fourth-order valence-electron chi connectivity index (χ4n) is 5.21. The summed E-state index contributed by atoms with van der Waals surface area (Å²) in [5, 5.41) is 14.0. The molecule has 1 atom stereocenters. The van der Waals surface area contributed by atoms with Gasteiger partial charge < -0.3 is 20.2 Å². The Bertz CT molecular complexity index is 1280. The smallest absolute Gasteiger partial charge is 0.255 e. The van der Waals surface area contributed by atoms with Crippen molar-refractivity contribution in [2.45, 2.75) is 30.9 Å². The molecule has 2 aliphatic rings. The average molecular weight is 524 g/mol. The molecule has 5 rings (SSSR count). The quantitative estimate of drug-likeness (QED) is 0.483. The van der Waals surface area contributed by atoms with Crippen LogP contribution in [-0.2, 0) is 21.5 Å². The molecule has 1 saturated heterocycles. The number of hydrogen-bond acceptors (Lipinski definition) is 4. The largest absolute Gasteiger partial charge is 0.393 e. The number of piperidine rings is 1. The van der Waals surface area contributed by atoms with Gasteiger partial charge in [0.1, 0.15) is 0 Å². The number of para-hydroxylation sites is 1. The molecule has 0 bridgehead atoms. The van der Waals surface area contributed by atoms with Crippen LogP contribution in [0.5, 0.6) is 0 Å². The maximum Gasteiger partial charge on any atom is 0.255 e. The van der Waals surface area contributed by atoms with Gasteiger partial charge in [0.25, 0.3) is 5.91 Å². The van der Waals surface area contributed by atoms with Gasteiger partial charge >= 0.3 is 0 Å². The van der Waals surface area contributed by atoms with Gasteiger partial charge in [-0.2, -0.15) is 0 Å². The summed E-state index contributed by atoms with van der Waals surface area (Å²) in [6.45, 7) is 0.973. The first-order valence-electron chi connectivity index (χ1n) is 12.0. The number of aliphatic hydroxyl groups is 1. The standard InChI is InChI=1S/C28H27Cl2N3O3/c29-20-6-4-5-19(15-20)17-28(24-10-9-21(30)16-25(24)31-27(28)36)33(22-7-2-1-3-8-22)18-26(35)32-13-11-23(34)12-14-32/h1-10,15-16,23,34H,11-14,17-18H2,(H,31,36). The van der Waals surface area contributed by atoms with Gasteiger partial charge in [0.2, 0.25) is 5.91 Å². The molecule has 2 amide bonds. The number of aliphatic hydroxyl groups excluding tert-OH is 1. The number of fused-ring (bicyclic) bond motifs is 1. The lowest BCUT2D eigenvalue weighted by atomic mass is 9.82. The number of benzene rings is 3. The van der Waals surface area contributed by atoms with Crippen LogP contribution in [0.15, 0.2) is 72.8 Å². The zero-order valence-electron chi connectivity index (χ0n) is 19.7. The van der Waals surface area contributed by atoms with Crippen molar-refractivity contribution in [1.29, 1.82) is 0 Å². The van der Waals surface area contributed by atoms with Gasteiger partial charge in [-0.3, -0.25) is 9.59 Å². The topological polar surface area (TPSA) is 72.9 Å². The minimum absolute atomic E-state index is 0.00381. The monoisotopic (exact) mass is 523 g/mol. The van der Waals surface area contributed by atoms with Crippen molar-refractivity contribution in [1.82, 2.24) is 4.90 Å². The molecule has 36 heavy (non-hydrogen) atoms. The number of nitrogens with zero attached hydrogens (tertiary/aromatic N) is 2. The van der Waals surface area contributed by atoms with Crippen molar-refractivity contribution in [3.05, 3.63) is 94.0 Å². The van der Waals surface area contributed by atoms with E-state index >= 15 is 0 Å². The molecule has 1 fully saturated rings. The Morgan fingerprint density at radius 1 is 1.00 bits per heavy atom. The second-order valence-corrected chi connectivity index (χ2v) is 10.2. The summed E-state index contributed by atoms with van der Waals surface area (Å²) < 4.78 is 0. The number of carbonyl (C=O) groups excluding carboxylic acids is 2. The molecule has 0 spiro atoms. The predicted molar refractivity (Wildman–Crippen MR) is 143 cm³/mol. The van der Waals surface area contributed by atoms with Crippen LogP contribution in [0.1, 0.15) is 24.0 Å². The normalized spacial score (nSPS) is 19.6. The molecule has 0 aliphatic carbocycles. The van der Waals surface area contributed by atoms with Gasteiger partial charge in [-0.25, -0.2) is 0 Å². The minimum atomic E-state index is -1.21. The van der Waals surface area contributed by atoms with Crippen molar-refractivity contribution in [2.24, 2.45) is 0 Å². The van der Waals surface area contributed by atoms with Crippen LogP contribution in [0.4, 0.5) is 11.4 Å². The molecule has 0 saturated carbocycles. The van der Waals surface area contributed by atoms with Crippen LogP contribution in [-0.4, -0.2) is 47.6 Å². The third kappa shape index (κ3) is 4.69. The third-order valence-electron chi connectivity index (χ3n) is 7.04. The first kappa shape index (κ1) is 24.6. The average Bonchev–Trinajstić information content (AvgIpc) is 3.13. The number of nitrogens with one attached hydrogen (secondary N) is 1. The zero-order valence-corrected chi connectivity index (χ0v) is 21.2. The number of halogens is 2. The molecule has 0 radical (unpaired) electrons. The number of amides is 2. The van der Waals surface area contributed by atoms with Crippen molar-refractivity contribution >= 4 is 46.4 Å². The van der Waals surface area contributed by atoms with Gasteiger partial charge in [0, 0.05) is 46.5 Å². The maximum atomic E-state index is 14.0. The van der Waals surface area contributed by atoms with Crippen LogP contribution >= 0.6 is 23.2 Å². The molecule has 186 valence electrons. The van der Waals surface area contributed by atoms with Crippen LogP contribution in [0.25, 0.3) is 0 Å². The van der Waals surface area contributed by atoms with Gasteiger partial charge in [-0.05, 0) is 54.8 Å². The van der Waals surface area contributed by atoms with E-state index in [1.54, 1.807) is 23.1 Å². The summed E-state index contributed by atoms with van der Waals surface area (Å²) in [7, 11) is 0. The highest BCUT2D eigenvalue weighted by Crippen LogP contribution is 2.46. The second kappa shape index (κ2) is 10.1. The van der Waals surface area contributed by atoms with Gasteiger partial charge in [-0.15, -0.1) is 0 Å². The highest BCUT2D eigenvalue weighted by Gasteiger charge is 2.52. The third-order valence-corrected chi connectivity index (χ3v) is 7.51. The molecule has 2 N–H and O–H groups in total. The highest BCUT2D eigenvalue weighted by atomic mass is 35.5. The lowest BCUT2D eigenvalue weighted by Gasteiger charge is -2.42. The molecule has 0 aromatic heterocycles. The van der Waals surface area contributed by atoms with E-state index in [4.69, 9.17) is 23.2 Å². The van der Waals surface area contributed by atoms with Crippen molar-refractivity contribution in [3.63, 3.8) is 0 Å². The van der Waals surface area contributed by atoms with E-state index in [0.717, 1.165) is 16.8 Å². The van der Waals surface area contributed by atoms with E-state index < -0.39 is 5.54 Å². The number of likely N-dealkylation sites (tertiary alicyclic amines) is 1. The van der Waals surface area contributed by atoms with Gasteiger partial charge in [0.05, 0.1) is 12.6 Å². The summed E-state index contributed by atoms with van der Waals surface area (Å²) in [5.41, 5.74) is 1.79. The van der Waals surface area contributed by atoms with Crippen molar-refractivity contribution in [3.8, 4) is 0 Å². The van der Waals surface area contributed by atoms with Crippen molar-refractivity contribution < 1.29 is 14.7 Å². The Labute approximate surface area is 220 Å². The van der Waals surface area contributed by atoms with E-state index in [1.807, 2.05) is 59.5 Å². The van der Waals surface area contributed by atoms with E-state index in [1.165, 1.54) is 0 Å². The van der Waals surface area contributed by atoms with Gasteiger partial charge in [0.15, 0.2) is 5.54 Å². The Hall–Kier alpha value is -3.06. The van der Waals surface area contributed by atoms with Crippen LogP contribution in [0, 0.1) is 0 Å². The molecule has 8 heteroatoms. The number of hydrogen-bond donors (Lipinski definition) is 2. The molecule has 1 unspecified atom stereocenters. The summed E-state index contributed by atoms with van der Waals surface area (Å²) in [4.78, 5) is 31.2. The molecular weight excluding hydrogens is 497 g/mol. The SMILES string of the molecule is O=C(CN(c1ccccc1)C1(Cc2cccc(Cl)c2)C(=O)Nc2cc(Cl)ccc21)N1CCC(O)CC1. The van der Waals surface area contributed by atoms with Crippen molar-refractivity contribution in [2.75, 3.05) is 29.9 Å². The Kier molecular flexibility index (Phi) is 6.93. The first-order valence-corrected chi connectivity index (χ1v) is 12.8. The molecular formula is C28H27Cl2N3O3. The fourth-order valence-corrected chi connectivity index (χ4v) is 5.60. The lowest BCUT2D eigenvalue weighted by molar-refractivity contribution is -0.132. The second-order valence-electron chi connectivity index (χ2n) is 9.34. The van der Waals surface area contributed by atoms with E-state index in [9.17, 15) is 14.7 Å². The summed E-state index contributed by atoms with van der Waals surface area (Å²) in [6.07, 6.45) is 1.01. The minimum Gasteiger partial charge on any atom is -0.393 e. The summed E-state index contributed by atoms with van der Waals surface area (Å²) in [6, 6.07) is 22.3. The predicted octanol–water partition coefficient (Wildman–Crippen LogP) is 4.87. The number of carbonyl (C=O) groups is 2. The number of rotatable bonds is 6. The van der Waals surface area contributed by atoms with E-state index in [0.29, 0.717) is 48.1 Å².